The fourth-order valence-electron chi connectivity index (χ4n) is 1.95. The van der Waals surface area contributed by atoms with Crippen molar-refractivity contribution >= 4 is 21.6 Å². The topological polar surface area (TPSA) is 15.3 Å². The largest absolute Gasteiger partial charge is 0.374 e. The molecule has 0 radical (unpaired) electrons. The van der Waals surface area contributed by atoms with Crippen LogP contribution in [0.15, 0.2) is 22.7 Å². The lowest BCUT2D eigenvalue weighted by Gasteiger charge is -2.24. The Hall–Kier alpha value is -0.540. The molecule has 1 rings (SSSR count). The fraction of sp³-hybridized carbons (Fsp3) is 0.625. The van der Waals surface area contributed by atoms with Crippen LogP contribution in [0.5, 0.6) is 0 Å². The van der Waals surface area contributed by atoms with E-state index in [1.807, 2.05) is 0 Å². The van der Waals surface area contributed by atoms with Crippen molar-refractivity contribution in [3.05, 3.63) is 28.2 Å². The van der Waals surface area contributed by atoms with Crippen LogP contribution in [0, 0.1) is 5.92 Å². The number of nitrogens with one attached hydrogen (secondary N) is 1. The molecule has 19 heavy (non-hydrogen) atoms. The van der Waals surface area contributed by atoms with E-state index in [1.165, 1.54) is 17.7 Å². The van der Waals surface area contributed by atoms with Crippen molar-refractivity contribution in [2.75, 3.05) is 18.5 Å². The fourth-order valence-corrected chi connectivity index (χ4v) is 2.36. The zero-order valence-electron chi connectivity index (χ0n) is 12.8. The summed E-state index contributed by atoms with van der Waals surface area (Å²) in [4.78, 5) is 2.36. The summed E-state index contributed by atoms with van der Waals surface area (Å²) in [7, 11) is 2.19. The van der Waals surface area contributed by atoms with Crippen molar-refractivity contribution < 1.29 is 0 Å². The van der Waals surface area contributed by atoms with Gasteiger partial charge in [-0.15, -0.1) is 0 Å². The summed E-state index contributed by atoms with van der Waals surface area (Å²) in [6, 6.07) is 7.06. The lowest BCUT2D eigenvalue weighted by atomic mass is 10.1. The smallest absolute Gasteiger partial charge is 0.0410 e. The third-order valence-electron chi connectivity index (χ3n) is 3.20. The van der Waals surface area contributed by atoms with Crippen LogP contribution in [-0.2, 0) is 6.54 Å². The highest BCUT2D eigenvalue weighted by molar-refractivity contribution is 9.10. The first-order valence-electron chi connectivity index (χ1n) is 7.13. The van der Waals surface area contributed by atoms with E-state index in [9.17, 15) is 0 Å². The molecule has 0 aliphatic rings. The summed E-state index contributed by atoms with van der Waals surface area (Å²) >= 11 is 3.57. The van der Waals surface area contributed by atoms with Gasteiger partial charge in [0.05, 0.1) is 0 Å². The van der Waals surface area contributed by atoms with Gasteiger partial charge < -0.3 is 10.2 Å². The highest BCUT2D eigenvalue weighted by Gasteiger charge is 2.09. The van der Waals surface area contributed by atoms with Gasteiger partial charge in [0.2, 0.25) is 0 Å². The number of nitrogens with zero attached hydrogens (tertiary/aromatic N) is 1. The van der Waals surface area contributed by atoms with Crippen molar-refractivity contribution in [1.29, 1.82) is 0 Å². The van der Waals surface area contributed by atoms with Crippen LogP contribution in [0.25, 0.3) is 0 Å². The van der Waals surface area contributed by atoms with Crippen molar-refractivity contribution in [3.8, 4) is 0 Å². The zero-order chi connectivity index (χ0) is 14.4. The molecule has 0 aromatic heterocycles. The predicted molar refractivity (Wildman–Crippen MR) is 88.8 cm³/mol. The van der Waals surface area contributed by atoms with Gasteiger partial charge in [0.1, 0.15) is 0 Å². The zero-order valence-corrected chi connectivity index (χ0v) is 14.4. The molecule has 0 bridgehead atoms. The molecule has 0 aliphatic carbocycles. The Labute approximate surface area is 126 Å². The van der Waals surface area contributed by atoms with Crippen molar-refractivity contribution in [2.45, 2.75) is 46.7 Å². The van der Waals surface area contributed by atoms with Crippen LogP contribution >= 0.6 is 15.9 Å². The SMILES string of the molecule is CC(C)CCN(C)c1ccc(Br)cc1CNC(C)C. The number of benzene rings is 1. The van der Waals surface area contributed by atoms with Gasteiger partial charge in [0, 0.05) is 36.3 Å². The molecule has 0 fully saturated rings. The maximum Gasteiger partial charge on any atom is 0.0410 e. The van der Waals surface area contributed by atoms with Crippen molar-refractivity contribution in [2.24, 2.45) is 5.92 Å². The Morgan fingerprint density at radius 3 is 2.47 bits per heavy atom. The first-order chi connectivity index (χ1) is 8.90. The molecule has 0 unspecified atom stereocenters. The summed E-state index contributed by atoms with van der Waals surface area (Å²) in [5.41, 5.74) is 2.69. The second kappa shape index (κ2) is 7.91. The summed E-state index contributed by atoms with van der Waals surface area (Å²) in [5.74, 6) is 0.745. The Morgan fingerprint density at radius 2 is 1.89 bits per heavy atom. The molecule has 1 aromatic rings. The lowest BCUT2D eigenvalue weighted by molar-refractivity contribution is 0.577. The third-order valence-corrected chi connectivity index (χ3v) is 3.69. The first-order valence-corrected chi connectivity index (χ1v) is 7.92. The van der Waals surface area contributed by atoms with Crippen LogP contribution in [0.1, 0.15) is 39.7 Å². The normalized spacial score (nSPS) is 11.4. The summed E-state index contributed by atoms with van der Waals surface area (Å²) in [6.07, 6.45) is 1.23. The van der Waals surface area contributed by atoms with Gasteiger partial charge in [0.25, 0.3) is 0 Å². The lowest BCUT2D eigenvalue weighted by Crippen LogP contribution is -2.25. The van der Waals surface area contributed by atoms with Crippen LogP contribution in [-0.4, -0.2) is 19.6 Å². The molecule has 0 spiro atoms. The number of hydrogen-bond donors (Lipinski definition) is 1. The Morgan fingerprint density at radius 1 is 1.21 bits per heavy atom. The molecule has 1 N–H and O–H groups in total. The van der Waals surface area contributed by atoms with E-state index >= 15 is 0 Å². The maximum atomic E-state index is 3.57. The van der Waals surface area contributed by atoms with Gasteiger partial charge in [-0.3, -0.25) is 0 Å². The number of hydrogen-bond acceptors (Lipinski definition) is 2. The maximum absolute atomic E-state index is 3.57. The Bertz CT molecular complexity index is 388. The van der Waals surface area contributed by atoms with E-state index < -0.39 is 0 Å². The highest BCUT2D eigenvalue weighted by Crippen LogP contribution is 2.24. The van der Waals surface area contributed by atoms with Gasteiger partial charge in [0.15, 0.2) is 0 Å². The van der Waals surface area contributed by atoms with Gasteiger partial charge in [-0.1, -0.05) is 43.6 Å². The summed E-state index contributed by atoms with van der Waals surface area (Å²) in [5, 5.41) is 3.50. The molecule has 0 heterocycles. The van der Waals surface area contributed by atoms with Crippen molar-refractivity contribution in [1.82, 2.24) is 5.32 Å². The van der Waals surface area contributed by atoms with E-state index in [1.54, 1.807) is 0 Å². The minimum absolute atomic E-state index is 0.507. The number of rotatable bonds is 7. The minimum atomic E-state index is 0.507. The molecule has 0 saturated heterocycles. The molecule has 108 valence electrons. The molecule has 0 amide bonds. The molecule has 0 atom stereocenters. The van der Waals surface area contributed by atoms with E-state index in [0.717, 1.165) is 23.5 Å². The molecule has 3 heteroatoms. The molecule has 0 saturated carbocycles. The van der Waals surface area contributed by atoms with Crippen LogP contribution in [0.2, 0.25) is 0 Å². The van der Waals surface area contributed by atoms with E-state index in [4.69, 9.17) is 0 Å². The Balaban J connectivity index is 2.79. The average Bonchev–Trinajstić information content (AvgIpc) is 2.33. The molecular weight excluding hydrogens is 300 g/mol. The van der Waals surface area contributed by atoms with Gasteiger partial charge in [-0.05, 0) is 36.1 Å². The van der Waals surface area contributed by atoms with Gasteiger partial charge in [-0.25, -0.2) is 0 Å². The van der Waals surface area contributed by atoms with Crippen molar-refractivity contribution in [3.63, 3.8) is 0 Å². The summed E-state index contributed by atoms with van der Waals surface area (Å²) in [6.45, 7) is 10.9. The summed E-state index contributed by atoms with van der Waals surface area (Å²) < 4.78 is 1.15. The van der Waals surface area contributed by atoms with Crippen LogP contribution in [0.3, 0.4) is 0 Å². The standard InChI is InChI=1S/C16H27BrN2/c1-12(2)8-9-19(5)16-7-6-15(17)10-14(16)11-18-13(3)4/h6-7,10,12-13,18H,8-9,11H2,1-5H3. The second-order valence-corrected chi connectivity index (χ2v) is 6.83. The second-order valence-electron chi connectivity index (χ2n) is 5.91. The highest BCUT2D eigenvalue weighted by atomic mass is 79.9. The molecular formula is C16H27BrN2. The van der Waals surface area contributed by atoms with Crippen LogP contribution < -0.4 is 10.2 Å². The molecule has 2 nitrogen and oxygen atoms in total. The monoisotopic (exact) mass is 326 g/mol. The van der Waals surface area contributed by atoms with Crippen LogP contribution in [0.4, 0.5) is 5.69 Å². The third kappa shape index (κ3) is 5.96. The van der Waals surface area contributed by atoms with E-state index in [-0.39, 0.29) is 0 Å². The average molecular weight is 327 g/mol. The van der Waals surface area contributed by atoms with Gasteiger partial charge in [-0.2, -0.15) is 0 Å². The quantitative estimate of drug-likeness (QED) is 0.797. The molecule has 1 aromatic carbocycles. The number of anilines is 1. The van der Waals surface area contributed by atoms with Gasteiger partial charge >= 0.3 is 0 Å². The Kier molecular flexibility index (Phi) is 6.87. The van der Waals surface area contributed by atoms with E-state index in [2.05, 4.69) is 79.1 Å². The number of halogens is 1. The van der Waals surface area contributed by atoms with E-state index in [0.29, 0.717) is 6.04 Å². The molecule has 0 aliphatic heterocycles. The first kappa shape index (κ1) is 16.5. The minimum Gasteiger partial charge on any atom is -0.374 e. The predicted octanol–water partition coefficient (Wildman–Crippen LogP) is 4.43.